The Hall–Kier alpha value is -2.82. The van der Waals surface area contributed by atoms with Crippen LogP contribution < -0.4 is 4.74 Å². The van der Waals surface area contributed by atoms with Gasteiger partial charge in [0.1, 0.15) is 5.75 Å². The molecular formula is C20H21NO4. The van der Waals surface area contributed by atoms with E-state index in [1.54, 1.807) is 6.07 Å². The molecule has 0 unspecified atom stereocenters. The highest BCUT2D eigenvalue weighted by Gasteiger charge is 2.35. The molecule has 5 heteroatoms. The highest BCUT2D eigenvalue weighted by atomic mass is 16.5. The molecule has 1 aliphatic heterocycles. The molecule has 0 aromatic heterocycles. The van der Waals surface area contributed by atoms with Gasteiger partial charge in [-0.1, -0.05) is 36.4 Å². The van der Waals surface area contributed by atoms with E-state index in [2.05, 4.69) is 0 Å². The van der Waals surface area contributed by atoms with E-state index in [-0.39, 0.29) is 12.3 Å². The summed E-state index contributed by atoms with van der Waals surface area (Å²) in [6.45, 7) is 2.92. The van der Waals surface area contributed by atoms with E-state index in [1.807, 2.05) is 49.4 Å². The summed E-state index contributed by atoms with van der Waals surface area (Å²) in [6.07, 6.45) is 0.854. The number of carboxylic acids is 1. The zero-order chi connectivity index (χ0) is 17.8. The predicted molar refractivity (Wildman–Crippen MR) is 93.6 cm³/mol. The van der Waals surface area contributed by atoms with Crippen LogP contribution in [0.4, 0.5) is 0 Å². The minimum Gasteiger partial charge on any atom is -0.494 e. The third kappa shape index (κ3) is 3.65. The summed E-state index contributed by atoms with van der Waals surface area (Å²) in [5.74, 6) is -0.410. The van der Waals surface area contributed by atoms with E-state index in [0.29, 0.717) is 25.1 Å². The largest absolute Gasteiger partial charge is 0.494 e. The minimum absolute atomic E-state index is 0.175. The highest BCUT2D eigenvalue weighted by molar-refractivity contribution is 5.86. The first-order chi connectivity index (χ1) is 12.1. The smallest absolute Gasteiger partial charge is 0.331 e. The van der Waals surface area contributed by atoms with Crippen molar-refractivity contribution in [2.75, 3.05) is 13.2 Å². The van der Waals surface area contributed by atoms with Crippen molar-refractivity contribution in [1.29, 1.82) is 0 Å². The Morgan fingerprint density at radius 2 is 1.88 bits per heavy atom. The van der Waals surface area contributed by atoms with Gasteiger partial charge in [-0.3, -0.25) is 4.79 Å². The van der Waals surface area contributed by atoms with Crippen LogP contribution in [0.2, 0.25) is 0 Å². The average molecular weight is 339 g/mol. The summed E-state index contributed by atoms with van der Waals surface area (Å²) in [5.41, 5.74) is 2.55. The standard InChI is InChI=1S/C20H21NO4/c1-2-25-16-9-7-14(8-10-16)13-18(22)21-12-11-15-5-3-4-6-17(15)19(21)20(23)24/h3-10,19H,2,11-13H2,1H3,(H,23,24)/t19-/m1/s1. The Kier molecular flexibility index (Phi) is 5.03. The Morgan fingerprint density at radius 3 is 2.56 bits per heavy atom. The van der Waals surface area contributed by atoms with Crippen molar-refractivity contribution in [3.05, 3.63) is 65.2 Å². The zero-order valence-electron chi connectivity index (χ0n) is 14.1. The number of aliphatic carboxylic acids is 1. The van der Waals surface area contributed by atoms with Gasteiger partial charge >= 0.3 is 5.97 Å². The predicted octanol–water partition coefficient (Wildman–Crippen LogP) is 2.84. The monoisotopic (exact) mass is 339 g/mol. The molecule has 0 aliphatic carbocycles. The number of fused-ring (bicyclic) bond motifs is 1. The molecule has 0 radical (unpaired) electrons. The third-order valence-corrected chi connectivity index (χ3v) is 4.43. The quantitative estimate of drug-likeness (QED) is 0.910. The molecule has 1 N–H and O–H groups in total. The van der Waals surface area contributed by atoms with Crippen LogP contribution >= 0.6 is 0 Å². The number of ether oxygens (including phenoxy) is 1. The second-order valence-electron chi connectivity index (χ2n) is 6.03. The maximum Gasteiger partial charge on any atom is 0.331 e. The van der Waals surface area contributed by atoms with Gasteiger partial charge in [-0.05, 0) is 42.2 Å². The van der Waals surface area contributed by atoms with Gasteiger partial charge in [-0.2, -0.15) is 0 Å². The maximum absolute atomic E-state index is 12.7. The Morgan fingerprint density at radius 1 is 1.16 bits per heavy atom. The lowest BCUT2D eigenvalue weighted by Crippen LogP contribution is -2.44. The summed E-state index contributed by atoms with van der Waals surface area (Å²) in [4.78, 5) is 26.0. The molecule has 0 fully saturated rings. The first-order valence-electron chi connectivity index (χ1n) is 8.42. The topological polar surface area (TPSA) is 66.8 Å². The summed E-state index contributed by atoms with van der Waals surface area (Å²) < 4.78 is 5.40. The fourth-order valence-electron chi connectivity index (χ4n) is 3.25. The second kappa shape index (κ2) is 7.38. The van der Waals surface area contributed by atoms with Crippen LogP contribution in [0, 0.1) is 0 Å². The Balaban J connectivity index is 1.78. The fourth-order valence-corrected chi connectivity index (χ4v) is 3.25. The first-order valence-corrected chi connectivity index (χ1v) is 8.42. The van der Waals surface area contributed by atoms with Crippen molar-refractivity contribution >= 4 is 11.9 Å². The molecule has 2 aromatic rings. The number of carbonyl (C=O) groups excluding carboxylic acids is 1. The van der Waals surface area contributed by atoms with E-state index < -0.39 is 12.0 Å². The van der Waals surface area contributed by atoms with E-state index >= 15 is 0 Å². The normalized spacial score (nSPS) is 16.2. The molecule has 2 aromatic carbocycles. The molecule has 5 nitrogen and oxygen atoms in total. The van der Waals surface area contributed by atoms with Crippen molar-refractivity contribution in [3.8, 4) is 5.75 Å². The molecule has 25 heavy (non-hydrogen) atoms. The van der Waals surface area contributed by atoms with E-state index in [4.69, 9.17) is 4.74 Å². The van der Waals surface area contributed by atoms with Gasteiger partial charge in [0.05, 0.1) is 13.0 Å². The lowest BCUT2D eigenvalue weighted by Gasteiger charge is -2.34. The van der Waals surface area contributed by atoms with Crippen LogP contribution in [-0.2, 0) is 22.4 Å². The summed E-state index contributed by atoms with van der Waals surface area (Å²) in [6, 6.07) is 13.9. The van der Waals surface area contributed by atoms with Crippen LogP contribution in [0.5, 0.6) is 5.75 Å². The number of hydrogen-bond donors (Lipinski definition) is 1. The van der Waals surface area contributed by atoms with E-state index in [0.717, 1.165) is 16.9 Å². The van der Waals surface area contributed by atoms with Crippen molar-refractivity contribution in [2.24, 2.45) is 0 Å². The number of carbonyl (C=O) groups is 2. The number of amides is 1. The molecule has 0 saturated heterocycles. The molecular weight excluding hydrogens is 318 g/mol. The van der Waals surface area contributed by atoms with Crippen LogP contribution in [0.3, 0.4) is 0 Å². The van der Waals surface area contributed by atoms with Crippen molar-refractivity contribution in [2.45, 2.75) is 25.8 Å². The molecule has 1 aliphatic rings. The van der Waals surface area contributed by atoms with Crippen LogP contribution in [0.25, 0.3) is 0 Å². The molecule has 0 bridgehead atoms. The van der Waals surface area contributed by atoms with Gasteiger partial charge < -0.3 is 14.7 Å². The first kappa shape index (κ1) is 17.0. The van der Waals surface area contributed by atoms with Gasteiger partial charge in [0.2, 0.25) is 5.91 Å². The number of carboxylic acid groups (broad SMARTS) is 1. The van der Waals surface area contributed by atoms with E-state index in [9.17, 15) is 14.7 Å². The van der Waals surface area contributed by atoms with Gasteiger partial charge in [0.25, 0.3) is 0 Å². The van der Waals surface area contributed by atoms with Gasteiger partial charge in [0, 0.05) is 6.54 Å². The highest BCUT2D eigenvalue weighted by Crippen LogP contribution is 2.30. The van der Waals surface area contributed by atoms with Gasteiger partial charge in [-0.25, -0.2) is 4.79 Å². The van der Waals surface area contributed by atoms with Crippen molar-refractivity contribution in [1.82, 2.24) is 4.90 Å². The molecule has 130 valence electrons. The number of hydrogen-bond acceptors (Lipinski definition) is 3. The van der Waals surface area contributed by atoms with Crippen LogP contribution in [0.1, 0.15) is 29.7 Å². The van der Waals surface area contributed by atoms with Crippen molar-refractivity contribution in [3.63, 3.8) is 0 Å². The van der Waals surface area contributed by atoms with Gasteiger partial charge in [0.15, 0.2) is 6.04 Å². The molecule has 1 amide bonds. The molecule has 1 heterocycles. The summed E-state index contributed by atoms with van der Waals surface area (Å²) in [5, 5.41) is 9.66. The van der Waals surface area contributed by atoms with Crippen LogP contribution in [0.15, 0.2) is 48.5 Å². The lowest BCUT2D eigenvalue weighted by atomic mass is 9.92. The molecule has 1 atom stereocenters. The third-order valence-electron chi connectivity index (χ3n) is 4.43. The van der Waals surface area contributed by atoms with E-state index in [1.165, 1.54) is 4.90 Å². The molecule has 0 saturated carbocycles. The molecule has 0 spiro atoms. The van der Waals surface area contributed by atoms with Crippen molar-refractivity contribution < 1.29 is 19.4 Å². The summed E-state index contributed by atoms with van der Waals surface area (Å²) >= 11 is 0. The fraction of sp³-hybridized carbons (Fsp3) is 0.300. The number of nitrogens with zero attached hydrogens (tertiary/aromatic N) is 1. The molecule has 3 rings (SSSR count). The second-order valence-corrected chi connectivity index (χ2v) is 6.03. The summed E-state index contributed by atoms with van der Waals surface area (Å²) in [7, 11) is 0. The zero-order valence-corrected chi connectivity index (χ0v) is 14.1. The Bertz CT molecular complexity index is 770. The Labute approximate surface area is 146 Å². The number of benzene rings is 2. The minimum atomic E-state index is -0.993. The maximum atomic E-state index is 12.7. The number of rotatable bonds is 5. The average Bonchev–Trinajstić information content (AvgIpc) is 2.62. The SMILES string of the molecule is CCOc1ccc(CC(=O)N2CCc3ccccc3[C@@H]2C(=O)O)cc1. The van der Waals surface area contributed by atoms with Crippen LogP contribution in [-0.4, -0.2) is 35.0 Å². The lowest BCUT2D eigenvalue weighted by molar-refractivity contribution is -0.151. The van der Waals surface area contributed by atoms with Gasteiger partial charge in [-0.15, -0.1) is 0 Å².